The molecule has 180 valence electrons. The van der Waals surface area contributed by atoms with Crippen molar-refractivity contribution in [1.29, 1.82) is 0 Å². The van der Waals surface area contributed by atoms with Gasteiger partial charge in [-0.25, -0.2) is 0 Å². The van der Waals surface area contributed by atoms with Crippen LogP contribution in [-0.4, -0.2) is 86.6 Å². The molecule has 0 aromatic rings. The summed E-state index contributed by atoms with van der Waals surface area (Å²) in [4.78, 5) is 25.2. The molecule has 0 aromatic carbocycles. The van der Waals surface area contributed by atoms with Gasteiger partial charge in [-0.05, 0) is 41.5 Å². The molecule has 2 rings (SSSR count). The number of aliphatic hydroxyl groups is 2. The van der Waals surface area contributed by atoms with Crippen molar-refractivity contribution in [3.05, 3.63) is 0 Å². The molecule has 10 nitrogen and oxygen atoms in total. The van der Waals surface area contributed by atoms with E-state index in [2.05, 4.69) is 0 Å². The summed E-state index contributed by atoms with van der Waals surface area (Å²) in [6.07, 6.45) is 0. The molecule has 0 atom stereocenters. The van der Waals surface area contributed by atoms with Gasteiger partial charge in [-0.2, -0.15) is 0 Å². The Labute approximate surface area is 183 Å². The van der Waals surface area contributed by atoms with Crippen LogP contribution in [0.4, 0.5) is 0 Å². The van der Waals surface area contributed by atoms with E-state index in [1.165, 1.54) is 0 Å². The lowest BCUT2D eigenvalue weighted by Crippen LogP contribution is -2.52. The summed E-state index contributed by atoms with van der Waals surface area (Å²) >= 11 is 0. The van der Waals surface area contributed by atoms with E-state index >= 15 is 0 Å². The van der Waals surface area contributed by atoms with E-state index in [1.54, 1.807) is 41.5 Å². The van der Waals surface area contributed by atoms with Crippen molar-refractivity contribution in [2.75, 3.05) is 52.9 Å². The second kappa shape index (κ2) is 9.29. The monoisotopic (exact) mass is 448 g/mol. The fourth-order valence-corrected chi connectivity index (χ4v) is 2.79. The topological polar surface area (TPSA) is 130 Å². The third-order valence-corrected chi connectivity index (χ3v) is 5.63. The van der Waals surface area contributed by atoms with Gasteiger partial charge in [0.1, 0.15) is 24.0 Å². The van der Waals surface area contributed by atoms with Crippen LogP contribution in [0.2, 0.25) is 0 Å². The first-order valence-electron chi connectivity index (χ1n) is 10.3. The van der Waals surface area contributed by atoms with E-state index < -0.39 is 53.0 Å². The van der Waals surface area contributed by atoms with Crippen molar-refractivity contribution >= 4 is 11.9 Å². The zero-order valence-electron chi connectivity index (χ0n) is 19.3. The zero-order chi connectivity index (χ0) is 23.6. The van der Waals surface area contributed by atoms with E-state index in [0.717, 1.165) is 0 Å². The van der Waals surface area contributed by atoms with Crippen LogP contribution in [0.25, 0.3) is 0 Å². The molecule has 2 N–H and O–H groups in total. The number of esters is 2. The molecule has 0 bridgehead atoms. The second-order valence-corrected chi connectivity index (χ2v) is 10.0. The molecule has 0 radical (unpaired) electrons. The molecule has 0 saturated carbocycles. The maximum atomic E-state index is 12.6. The van der Waals surface area contributed by atoms with E-state index in [1.807, 2.05) is 0 Å². The Balaban J connectivity index is 1.93. The highest BCUT2D eigenvalue weighted by Gasteiger charge is 2.46. The molecular weight excluding hydrogens is 412 g/mol. The maximum Gasteiger partial charge on any atom is 0.316 e. The lowest BCUT2D eigenvalue weighted by atomic mass is 9.89. The Morgan fingerprint density at radius 2 is 1.00 bits per heavy atom. The van der Waals surface area contributed by atoms with Crippen molar-refractivity contribution in [3.8, 4) is 0 Å². The molecule has 2 heterocycles. The van der Waals surface area contributed by atoms with E-state index in [-0.39, 0.29) is 39.6 Å². The Hall–Kier alpha value is -1.30. The normalized spacial score (nSPS) is 24.3. The van der Waals surface area contributed by atoms with Gasteiger partial charge in [0.2, 0.25) is 0 Å². The lowest BCUT2D eigenvalue weighted by Gasteiger charge is -2.41. The highest BCUT2D eigenvalue weighted by Crippen LogP contribution is 2.33. The third kappa shape index (κ3) is 6.36. The third-order valence-electron chi connectivity index (χ3n) is 5.63. The van der Waals surface area contributed by atoms with Crippen molar-refractivity contribution < 1.29 is 48.2 Å². The maximum absolute atomic E-state index is 12.6. The van der Waals surface area contributed by atoms with Crippen molar-refractivity contribution in [1.82, 2.24) is 0 Å². The molecule has 0 spiro atoms. The summed E-state index contributed by atoms with van der Waals surface area (Å²) in [5.74, 6) is -2.76. The molecule has 2 saturated heterocycles. The van der Waals surface area contributed by atoms with Gasteiger partial charge >= 0.3 is 11.9 Å². The van der Waals surface area contributed by atoms with Crippen LogP contribution in [0.5, 0.6) is 0 Å². The Bertz CT molecular complexity index is 581. The van der Waals surface area contributed by atoms with Crippen LogP contribution in [0, 0.1) is 16.2 Å². The van der Waals surface area contributed by atoms with Crippen LogP contribution in [-0.2, 0) is 38.0 Å². The van der Waals surface area contributed by atoms with Gasteiger partial charge in [-0.15, -0.1) is 0 Å². The molecule has 0 amide bonds. The number of carbonyl (C=O) groups excluding carboxylic acids is 2. The summed E-state index contributed by atoms with van der Waals surface area (Å²) in [5, 5.41) is 19.7. The Kier molecular flexibility index (Phi) is 7.77. The quantitative estimate of drug-likeness (QED) is 0.510. The first-order valence-corrected chi connectivity index (χ1v) is 10.3. The van der Waals surface area contributed by atoms with Gasteiger partial charge in [0.15, 0.2) is 11.6 Å². The van der Waals surface area contributed by atoms with Crippen LogP contribution in [0.15, 0.2) is 0 Å². The van der Waals surface area contributed by atoms with Crippen LogP contribution < -0.4 is 0 Å². The average molecular weight is 449 g/mol. The SMILES string of the molecule is CC1(C)OCC(C)(C(=O)OCC(CO)(CO)COC(=O)C2(C)COC(C)(C)OC2)CO1. The van der Waals surface area contributed by atoms with E-state index in [9.17, 15) is 19.8 Å². The minimum atomic E-state index is -1.36. The number of aliphatic hydroxyl groups excluding tert-OH is 2. The smallest absolute Gasteiger partial charge is 0.316 e. The number of ether oxygens (including phenoxy) is 6. The molecular formula is C21H36O10. The largest absolute Gasteiger partial charge is 0.464 e. The van der Waals surface area contributed by atoms with Crippen molar-refractivity contribution in [3.63, 3.8) is 0 Å². The van der Waals surface area contributed by atoms with E-state index in [0.29, 0.717) is 0 Å². The highest BCUT2D eigenvalue weighted by molar-refractivity contribution is 5.77. The van der Waals surface area contributed by atoms with Gasteiger partial charge < -0.3 is 38.6 Å². The number of rotatable bonds is 8. The molecule has 2 fully saturated rings. The van der Waals surface area contributed by atoms with Crippen molar-refractivity contribution in [2.24, 2.45) is 16.2 Å². The fourth-order valence-electron chi connectivity index (χ4n) is 2.79. The zero-order valence-corrected chi connectivity index (χ0v) is 19.3. The molecule has 0 aliphatic carbocycles. The van der Waals surface area contributed by atoms with Crippen LogP contribution in [0.1, 0.15) is 41.5 Å². The standard InChI is InChI=1S/C21H36O10/c1-17(2)28-9-19(5,10-29-17)15(24)26-13-21(7-22,8-23)14-27-16(25)20(6)11-30-18(3,4)31-12-20/h22-23H,7-14H2,1-6H3. The first kappa shape index (κ1) is 26.0. The Morgan fingerprint density at radius 3 is 1.26 bits per heavy atom. The van der Waals surface area contributed by atoms with Gasteiger partial charge in [0, 0.05) is 0 Å². The van der Waals surface area contributed by atoms with Crippen LogP contribution in [0.3, 0.4) is 0 Å². The lowest BCUT2D eigenvalue weighted by molar-refractivity contribution is -0.282. The molecule has 31 heavy (non-hydrogen) atoms. The predicted octanol–water partition coefficient (Wildman–Crippen LogP) is 0.622. The second-order valence-electron chi connectivity index (χ2n) is 10.0. The predicted molar refractivity (Wildman–Crippen MR) is 107 cm³/mol. The number of hydrogen-bond donors (Lipinski definition) is 2. The van der Waals surface area contributed by atoms with Crippen molar-refractivity contribution in [2.45, 2.75) is 53.1 Å². The molecule has 0 unspecified atom stereocenters. The number of carbonyl (C=O) groups is 2. The molecule has 2 aliphatic heterocycles. The van der Waals surface area contributed by atoms with Gasteiger partial charge in [0.05, 0.1) is 45.1 Å². The first-order chi connectivity index (χ1) is 14.2. The molecule has 0 aromatic heterocycles. The fraction of sp³-hybridized carbons (Fsp3) is 0.905. The minimum Gasteiger partial charge on any atom is -0.464 e. The summed E-state index contributed by atoms with van der Waals surface area (Å²) in [6.45, 7) is 8.90. The van der Waals surface area contributed by atoms with Crippen LogP contribution >= 0.6 is 0 Å². The average Bonchev–Trinajstić information content (AvgIpc) is 2.73. The van der Waals surface area contributed by atoms with E-state index in [4.69, 9.17) is 28.4 Å². The van der Waals surface area contributed by atoms with Gasteiger partial charge in [-0.3, -0.25) is 9.59 Å². The summed E-state index contributed by atoms with van der Waals surface area (Å²) < 4.78 is 32.9. The number of hydrogen-bond acceptors (Lipinski definition) is 10. The highest BCUT2D eigenvalue weighted by atomic mass is 16.7. The summed E-state index contributed by atoms with van der Waals surface area (Å²) in [5.41, 5.74) is -3.41. The summed E-state index contributed by atoms with van der Waals surface area (Å²) in [7, 11) is 0. The molecule has 2 aliphatic rings. The van der Waals surface area contributed by atoms with Gasteiger partial charge in [-0.1, -0.05) is 0 Å². The Morgan fingerprint density at radius 1 is 0.710 bits per heavy atom. The summed E-state index contributed by atoms with van der Waals surface area (Å²) in [6, 6.07) is 0. The molecule has 10 heteroatoms. The minimum absolute atomic E-state index is 0.105. The van der Waals surface area contributed by atoms with Gasteiger partial charge in [0.25, 0.3) is 0 Å².